The van der Waals surface area contributed by atoms with Crippen LogP contribution < -0.4 is 10.1 Å². The fourth-order valence-corrected chi connectivity index (χ4v) is 3.15. The van der Waals surface area contributed by atoms with Gasteiger partial charge in [0.1, 0.15) is 5.75 Å². The molecule has 0 bridgehead atoms. The number of hydrogen-bond donors (Lipinski definition) is 1. The summed E-state index contributed by atoms with van der Waals surface area (Å²) in [7, 11) is 0. The summed E-state index contributed by atoms with van der Waals surface area (Å²) in [6.45, 7) is 1.14. The lowest BCUT2D eigenvalue weighted by atomic mass is 10.1. The molecule has 0 unspecified atom stereocenters. The topological polar surface area (TPSA) is 38.3 Å². The molecule has 0 heterocycles. The Kier molecular flexibility index (Phi) is 8.29. The minimum Gasteiger partial charge on any atom is -0.493 e. The molecule has 0 aliphatic rings. The van der Waals surface area contributed by atoms with Gasteiger partial charge >= 0.3 is 0 Å². The number of benzene rings is 2. The van der Waals surface area contributed by atoms with Gasteiger partial charge in [-0.25, -0.2) is 0 Å². The SMILES string of the molecule is O=C(CSCCOc1ccccc1)NCCc1ccc(Cl)cc1Cl. The van der Waals surface area contributed by atoms with E-state index < -0.39 is 0 Å². The summed E-state index contributed by atoms with van der Waals surface area (Å²) in [5.41, 5.74) is 0.977. The lowest BCUT2D eigenvalue weighted by Crippen LogP contribution is -2.27. The van der Waals surface area contributed by atoms with Crippen LogP contribution in [0.5, 0.6) is 5.75 Å². The Morgan fingerprint density at radius 3 is 2.67 bits per heavy atom. The largest absolute Gasteiger partial charge is 0.493 e. The minimum absolute atomic E-state index is 0.0183. The smallest absolute Gasteiger partial charge is 0.230 e. The monoisotopic (exact) mass is 383 g/mol. The molecule has 24 heavy (non-hydrogen) atoms. The third kappa shape index (κ3) is 7.04. The number of amides is 1. The third-order valence-corrected chi connectivity index (χ3v) is 4.71. The highest BCUT2D eigenvalue weighted by Gasteiger charge is 2.04. The molecule has 0 radical (unpaired) electrons. The van der Waals surface area contributed by atoms with Crippen molar-refractivity contribution >= 4 is 40.9 Å². The van der Waals surface area contributed by atoms with Crippen LogP contribution in [0.4, 0.5) is 0 Å². The molecule has 3 nitrogen and oxygen atoms in total. The van der Waals surface area contributed by atoms with Crippen molar-refractivity contribution in [1.82, 2.24) is 5.32 Å². The molecule has 0 aliphatic carbocycles. The van der Waals surface area contributed by atoms with Gasteiger partial charge in [-0.3, -0.25) is 4.79 Å². The number of halogens is 2. The van der Waals surface area contributed by atoms with Gasteiger partial charge in [0.05, 0.1) is 12.4 Å². The normalized spacial score (nSPS) is 10.4. The maximum atomic E-state index is 11.8. The zero-order chi connectivity index (χ0) is 17.2. The van der Waals surface area contributed by atoms with E-state index in [1.54, 1.807) is 23.9 Å². The van der Waals surface area contributed by atoms with Gasteiger partial charge in [-0.2, -0.15) is 0 Å². The van der Waals surface area contributed by atoms with Gasteiger partial charge in [0, 0.05) is 22.3 Å². The molecule has 0 aliphatic heterocycles. The summed E-state index contributed by atoms with van der Waals surface area (Å²) in [5, 5.41) is 4.13. The Hall–Kier alpha value is -1.36. The van der Waals surface area contributed by atoms with Crippen LogP contribution in [0.15, 0.2) is 48.5 Å². The first kappa shape index (κ1) is 19.0. The third-order valence-electron chi connectivity index (χ3n) is 3.20. The van der Waals surface area contributed by atoms with Crippen LogP contribution in [0.25, 0.3) is 0 Å². The van der Waals surface area contributed by atoms with Crippen molar-refractivity contribution in [2.24, 2.45) is 0 Å². The zero-order valence-electron chi connectivity index (χ0n) is 13.1. The number of para-hydroxylation sites is 1. The van der Waals surface area contributed by atoms with Gasteiger partial charge in [0.15, 0.2) is 0 Å². The maximum Gasteiger partial charge on any atom is 0.230 e. The van der Waals surface area contributed by atoms with Crippen LogP contribution >= 0.6 is 35.0 Å². The fraction of sp³-hybridized carbons (Fsp3) is 0.278. The van der Waals surface area contributed by atoms with Crippen molar-refractivity contribution in [3.63, 3.8) is 0 Å². The van der Waals surface area contributed by atoms with E-state index in [9.17, 15) is 4.79 Å². The Labute approximate surface area is 156 Å². The summed E-state index contributed by atoms with van der Waals surface area (Å²) in [5.74, 6) is 2.06. The molecule has 0 spiro atoms. The Bertz CT molecular complexity index is 653. The van der Waals surface area contributed by atoms with E-state index in [4.69, 9.17) is 27.9 Å². The van der Waals surface area contributed by atoms with Gasteiger partial charge < -0.3 is 10.1 Å². The number of carbonyl (C=O) groups excluding carboxylic acids is 1. The van der Waals surface area contributed by atoms with Gasteiger partial charge in [-0.1, -0.05) is 47.5 Å². The second-order valence-electron chi connectivity index (χ2n) is 5.05. The van der Waals surface area contributed by atoms with Crippen LogP contribution in [0.1, 0.15) is 5.56 Å². The molecule has 0 fully saturated rings. The number of rotatable bonds is 9. The first-order valence-corrected chi connectivity index (χ1v) is 9.52. The average molecular weight is 384 g/mol. The number of hydrogen-bond acceptors (Lipinski definition) is 3. The van der Waals surface area contributed by atoms with Crippen LogP contribution in [0.2, 0.25) is 10.0 Å². The second kappa shape index (κ2) is 10.5. The molecule has 0 saturated carbocycles. The van der Waals surface area contributed by atoms with Crippen LogP contribution in [-0.2, 0) is 11.2 Å². The van der Waals surface area contributed by atoms with E-state index in [1.807, 2.05) is 36.4 Å². The molecule has 2 aromatic carbocycles. The van der Waals surface area contributed by atoms with Crippen molar-refractivity contribution in [1.29, 1.82) is 0 Å². The van der Waals surface area contributed by atoms with Crippen molar-refractivity contribution in [2.75, 3.05) is 24.7 Å². The van der Waals surface area contributed by atoms with Crippen molar-refractivity contribution in [3.8, 4) is 5.75 Å². The van der Waals surface area contributed by atoms with Gasteiger partial charge in [0.25, 0.3) is 0 Å². The zero-order valence-corrected chi connectivity index (χ0v) is 15.5. The molecule has 0 saturated heterocycles. The van der Waals surface area contributed by atoms with Crippen molar-refractivity contribution in [3.05, 3.63) is 64.1 Å². The Balaban J connectivity index is 1.55. The molecule has 128 valence electrons. The van der Waals surface area contributed by atoms with Crippen molar-refractivity contribution < 1.29 is 9.53 Å². The van der Waals surface area contributed by atoms with E-state index in [1.165, 1.54) is 0 Å². The maximum absolute atomic E-state index is 11.8. The van der Waals surface area contributed by atoms with E-state index in [2.05, 4.69) is 5.32 Å². The first-order chi connectivity index (χ1) is 11.6. The number of nitrogens with one attached hydrogen (secondary N) is 1. The van der Waals surface area contributed by atoms with Crippen LogP contribution in [-0.4, -0.2) is 30.6 Å². The standard InChI is InChI=1S/C18H19Cl2NO2S/c19-15-7-6-14(17(20)12-15)8-9-21-18(22)13-24-11-10-23-16-4-2-1-3-5-16/h1-7,12H,8-11,13H2,(H,21,22). The van der Waals surface area contributed by atoms with E-state index in [-0.39, 0.29) is 5.91 Å². The minimum atomic E-state index is 0.0183. The van der Waals surface area contributed by atoms with Gasteiger partial charge in [-0.05, 0) is 36.2 Å². The summed E-state index contributed by atoms with van der Waals surface area (Å²) in [6.07, 6.45) is 0.684. The van der Waals surface area contributed by atoms with Crippen molar-refractivity contribution in [2.45, 2.75) is 6.42 Å². The summed E-state index contributed by atoms with van der Waals surface area (Å²) < 4.78 is 5.57. The Morgan fingerprint density at radius 1 is 1.12 bits per heavy atom. The number of thioether (sulfide) groups is 1. The Morgan fingerprint density at radius 2 is 1.92 bits per heavy atom. The molecule has 0 atom stereocenters. The average Bonchev–Trinajstić information content (AvgIpc) is 2.57. The molecule has 2 aromatic rings. The first-order valence-electron chi connectivity index (χ1n) is 7.61. The lowest BCUT2D eigenvalue weighted by molar-refractivity contribution is -0.118. The molecule has 2 rings (SSSR count). The van der Waals surface area contributed by atoms with Gasteiger partial charge in [0.2, 0.25) is 5.91 Å². The molecular formula is C18H19Cl2NO2S. The molecule has 6 heteroatoms. The predicted octanol–water partition coefficient (Wildman–Crippen LogP) is 4.46. The highest BCUT2D eigenvalue weighted by Crippen LogP contribution is 2.21. The highest BCUT2D eigenvalue weighted by molar-refractivity contribution is 7.99. The quantitative estimate of drug-likeness (QED) is 0.649. The van der Waals surface area contributed by atoms with Crippen LogP contribution in [0.3, 0.4) is 0 Å². The number of ether oxygens (including phenoxy) is 1. The molecule has 1 amide bonds. The van der Waals surface area contributed by atoms with Gasteiger partial charge in [-0.15, -0.1) is 11.8 Å². The second-order valence-corrected chi connectivity index (χ2v) is 7.00. The fourth-order valence-electron chi connectivity index (χ4n) is 2.01. The van der Waals surface area contributed by atoms with E-state index in [0.29, 0.717) is 35.4 Å². The van der Waals surface area contributed by atoms with E-state index >= 15 is 0 Å². The summed E-state index contributed by atoms with van der Waals surface area (Å²) in [4.78, 5) is 11.8. The summed E-state index contributed by atoms with van der Waals surface area (Å²) >= 11 is 13.5. The molecule has 0 aromatic heterocycles. The van der Waals surface area contributed by atoms with Crippen LogP contribution in [0, 0.1) is 0 Å². The predicted molar refractivity (Wildman–Crippen MR) is 102 cm³/mol. The summed E-state index contributed by atoms with van der Waals surface area (Å²) in [6, 6.07) is 15.0. The highest BCUT2D eigenvalue weighted by atomic mass is 35.5. The molecular weight excluding hydrogens is 365 g/mol. The lowest BCUT2D eigenvalue weighted by Gasteiger charge is -2.08. The van der Waals surface area contributed by atoms with E-state index in [0.717, 1.165) is 17.1 Å². The molecule has 1 N–H and O–H groups in total. The number of carbonyl (C=O) groups is 1.